The molecule has 0 bridgehead atoms. The molecule has 2 aromatic rings. The molecule has 26 heavy (non-hydrogen) atoms. The van der Waals surface area contributed by atoms with Crippen molar-refractivity contribution < 1.29 is 4.39 Å². The van der Waals surface area contributed by atoms with E-state index in [-0.39, 0.29) is 11.4 Å². The van der Waals surface area contributed by atoms with Crippen LogP contribution in [0.2, 0.25) is 0 Å². The Labute approximate surface area is 156 Å². The van der Waals surface area contributed by atoms with Crippen LogP contribution < -0.4 is 9.80 Å². The van der Waals surface area contributed by atoms with Crippen molar-refractivity contribution >= 4 is 23.3 Å². The lowest BCUT2D eigenvalue weighted by Gasteiger charge is -2.45. The summed E-state index contributed by atoms with van der Waals surface area (Å²) >= 11 is 0. The normalized spacial score (nSPS) is 18.9. The molecule has 3 nitrogen and oxygen atoms in total. The van der Waals surface area contributed by atoms with Gasteiger partial charge in [0.15, 0.2) is 0 Å². The van der Waals surface area contributed by atoms with Crippen LogP contribution in [0.5, 0.6) is 0 Å². The van der Waals surface area contributed by atoms with Crippen LogP contribution in [-0.2, 0) is 0 Å². The van der Waals surface area contributed by atoms with Gasteiger partial charge < -0.3 is 9.80 Å². The highest BCUT2D eigenvalue weighted by molar-refractivity contribution is 5.84. The molecule has 0 saturated heterocycles. The van der Waals surface area contributed by atoms with E-state index >= 15 is 0 Å². The van der Waals surface area contributed by atoms with Gasteiger partial charge >= 0.3 is 0 Å². The number of benzene rings is 2. The summed E-state index contributed by atoms with van der Waals surface area (Å²) in [7, 11) is 6.05. The molecule has 0 aromatic heterocycles. The van der Waals surface area contributed by atoms with Crippen molar-refractivity contribution in [1.29, 1.82) is 0 Å². The van der Waals surface area contributed by atoms with E-state index in [4.69, 9.17) is 0 Å². The summed E-state index contributed by atoms with van der Waals surface area (Å²) in [6, 6.07) is 11.5. The van der Waals surface area contributed by atoms with Crippen LogP contribution >= 0.6 is 0 Å². The second-order valence-corrected chi connectivity index (χ2v) is 8.08. The third-order valence-corrected chi connectivity index (χ3v) is 5.47. The summed E-state index contributed by atoms with van der Waals surface area (Å²) in [5, 5.41) is 0. The van der Waals surface area contributed by atoms with Crippen molar-refractivity contribution in [3.63, 3.8) is 0 Å². The van der Waals surface area contributed by atoms with Gasteiger partial charge in [-0.25, -0.2) is 4.39 Å². The van der Waals surface area contributed by atoms with Crippen LogP contribution in [0.4, 0.5) is 21.5 Å². The van der Waals surface area contributed by atoms with Crippen LogP contribution in [0.25, 0.3) is 0 Å². The number of fused-ring (bicyclic) bond motifs is 1. The van der Waals surface area contributed by atoms with Crippen molar-refractivity contribution in [2.45, 2.75) is 38.6 Å². The van der Waals surface area contributed by atoms with Gasteiger partial charge in [0.1, 0.15) is 5.82 Å². The van der Waals surface area contributed by atoms with Gasteiger partial charge in [-0.05, 0) is 68.1 Å². The predicted molar refractivity (Wildman–Crippen MR) is 110 cm³/mol. The number of aliphatic imine (C=N–C) groups is 1. The molecule has 0 aliphatic carbocycles. The molecule has 1 aliphatic rings. The largest absolute Gasteiger partial charge is 0.378 e. The molecule has 3 rings (SSSR count). The van der Waals surface area contributed by atoms with E-state index in [2.05, 4.69) is 30.7 Å². The molecule has 1 heterocycles. The summed E-state index contributed by atoms with van der Waals surface area (Å²) in [5.74, 6) is 0.164. The van der Waals surface area contributed by atoms with Gasteiger partial charge in [-0.3, -0.25) is 4.99 Å². The molecule has 0 spiro atoms. The van der Waals surface area contributed by atoms with Gasteiger partial charge in [-0.15, -0.1) is 0 Å². The third kappa shape index (κ3) is 3.46. The van der Waals surface area contributed by atoms with Crippen LogP contribution in [0, 0.1) is 5.82 Å². The Morgan fingerprint density at radius 1 is 1.19 bits per heavy atom. The summed E-state index contributed by atoms with van der Waals surface area (Å²) in [5.41, 5.74) is 4.68. The zero-order chi connectivity index (χ0) is 19.1. The van der Waals surface area contributed by atoms with Crippen molar-refractivity contribution in [1.82, 2.24) is 0 Å². The first kappa shape index (κ1) is 18.4. The lowest BCUT2D eigenvalue weighted by atomic mass is 9.80. The van der Waals surface area contributed by atoms with E-state index in [1.54, 1.807) is 12.3 Å². The maximum absolute atomic E-state index is 14.7. The molecule has 0 N–H and O–H groups in total. The Kier molecular flexibility index (Phi) is 4.78. The number of rotatable bonds is 3. The molecule has 0 radical (unpaired) electrons. The van der Waals surface area contributed by atoms with Gasteiger partial charge in [-0.2, -0.15) is 0 Å². The molecule has 0 fully saturated rings. The van der Waals surface area contributed by atoms with E-state index < -0.39 is 0 Å². The summed E-state index contributed by atoms with van der Waals surface area (Å²) in [6.07, 6.45) is 2.68. The van der Waals surface area contributed by atoms with Crippen LogP contribution in [0.3, 0.4) is 0 Å². The van der Waals surface area contributed by atoms with E-state index in [1.807, 2.05) is 56.4 Å². The highest BCUT2D eigenvalue weighted by Gasteiger charge is 2.34. The van der Waals surface area contributed by atoms with E-state index in [0.29, 0.717) is 11.5 Å². The molecule has 1 unspecified atom stereocenters. The first-order valence-electron chi connectivity index (χ1n) is 9.08. The van der Waals surface area contributed by atoms with Crippen molar-refractivity contribution in [3.05, 3.63) is 53.3 Å². The van der Waals surface area contributed by atoms with E-state index in [1.165, 1.54) is 5.56 Å². The Morgan fingerprint density at radius 2 is 1.85 bits per heavy atom. The van der Waals surface area contributed by atoms with Crippen molar-refractivity contribution in [2.75, 3.05) is 30.9 Å². The molecule has 138 valence electrons. The molecular formula is C22H28FN3. The fourth-order valence-electron chi connectivity index (χ4n) is 3.68. The average Bonchev–Trinajstić information content (AvgIpc) is 2.58. The Bertz CT molecular complexity index is 822. The molecule has 0 amide bonds. The van der Waals surface area contributed by atoms with Gasteiger partial charge in [0.05, 0.1) is 5.69 Å². The molecule has 2 aromatic carbocycles. The Hall–Kier alpha value is -2.36. The smallest absolute Gasteiger partial charge is 0.134 e. The average molecular weight is 353 g/mol. The number of halogens is 1. The maximum atomic E-state index is 14.7. The van der Waals surface area contributed by atoms with Crippen LogP contribution in [0.15, 0.2) is 41.4 Å². The van der Waals surface area contributed by atoms with Crippen molar-refractivity contribution in [2.24, 2.45) is 4.99 Å². The monoisotopic (exact) mass is 353 g/mol. The molecule has 1 atom stereocenters. The minimum atomic E-state index is -0.228. The number of nitrogens with zero attached hydrogens (tertiary/aromatic N) is 3. The topological polar surface area (TPSA) is 18.8 Å². The Balaban J connectivity index is 1.91. The SMILES string of the molecule is CC1CC(C)(C)N(C)c2cc(F)c(C=Nc3ccc(N(C)C)cc3)cc21. The van der Waals surface area contributed by atoms with Crippen LogP contribution in [-0.4, -0.2) is 32.9 Å². The second-order valence-electron chi connectivity index (χ2n) is 8.08. The highest BCUT2D eigenvalue weighted by Crippen LogP contribution is 2.43. The standard InChI is InChI=1S/C22H28FN3/c1-15-13-22(2,3)26(6)21-12-20(23)16(11-19(15)21)14-24-17-7-9-18(10-8-17)25(4)5/h7-12,14-15H,13H2,1-6H3. The van der Waals surface area contributed by atoms with Gasteiger partial charge in [0, 0.05) is 49.8 Å². The number of hydrogen-bond acceptors (Lipinski definition) is 3. The predicted octanol–water partition coefficient (Wildman–Crippen LogP) is 5.36. The van der Waals surface area contributed by atoms with Gasteiger partial charge in [-0.1, -0.05) is 6.92 Å². The minimum absolute atomic E-state index is 0.0304. The fraction of sp³-hybridized carbons (Fsp3) is 0.409. The second kappa shape index (κ2) is 6.75. The Morgan fingerprint density at radius 3 is 2.46 bits per heavy atom. The number of anilines is 2. The number of hydrogen-bond donors (Lipinski definition) is 0. The van der Waals surface area contributed by atoms with Gasteiger partial charge in [0.2, 0.25) is 0 Å². The summed E-state index contributed by atoms with van der Waals surface area (Å²) in [4.78, 5) is 8.69. The third-order valence-electron chi connectivity index (χ3n) is 5.47. The first-order valence-corrected chi connectivity index (χ1v) is 9.08. The van der Waals surface area contributed by atoms with Gasteiger partial charge in [0.25, 0.3) is 0 Å². The molecule has 4 heteroatoms. The summed E-state index contributed by atoms with van der Waals surface area (Å²) in [6.45, 7) is 6.63. The molecule has 1 aliphatic heterocycles. The fourth-order valence-corrected chi connectivity index (χ4v) is 3.68. The molecule has 0 saturated carbocycles. The first-order chi connectivity index (χ1) is 12.2. The zero-order valence-corrected chi connectivity index (χ0v) is 16.5. The minimum Gasteiger partial charge on any atom is -0.378 e. The lowest BCUT2D eigenvalue weighted by molar-refractivity contribution is 0.394. The summed E-state index contributed by atoms with van der Waals surface area (Å²) < 4.78 is 14.7. The highest BCUT2D eigenvalue weighted by atomic mass is 19.1. The van der Waals surface area contributed by atoms with Crippen LogP contribution in [0.1, 0.15) is 44.2 Å². The lowest BCUT2D eigenvalue weighted by Crippen LogP contribution is -2.45. The van der Waals surface area contributed by atoms with E-state index in [9.17, 15) is 4.39 Å². The maximum Gasteiger partial charge on any atom is 0.134 e. The van der Waals surface area contributed by atoms with Crippen molar-refractivity contribution in [3.8, 4) is 0 Å². The van der Waals surface area contributed by atoms with E-state index in [0.717, 1.165) is 23.5 Å². The zero-order valence-electron chi connectivity index (χ0n) is 16.5. The quantitative estimate of drug-likeness (QED) is 0.691. The molecular weight excluding hydrogens is 325 g/mol.